The van der Waals surface area contributed by atoms with Crippen molar-refractivity contribution >= 4 is 6.09 Å². The Morgan fingerprint density at radius 3 is 2.68 bits per heavy atom. The van der Waals surface area contributed by atoms with E-state index in [9.17, 15) is 4.79 Å². The highest BCUT2D eigenvalue weighted by molar-refractivity contribution is 5.68. The smallest absolute Gasteiger partial charge is 0.410 e. The maximum Gasteiger partial charge on any atom is 0.410 e. The summed E-state index contributed by atoms with van der Waals surface area (Å²) in [6, 6.07) is 5.65. The lowest BCUT2D eigenvalue weighted by Gasteiger charge is -2.52. The van der Waals surface area contributed by atoms with Crippen molar-refractivity contribution in [2.45, 2.75) is 82.5 Å². The highest BCUT2D eigenvalue weighted by Gasteiger charge is 2.47. The molecular weight excluding hydrogens is 314 g/mol. The van der Waals surface area contributed by atoms with Crippen LogP contribution in [0.1, 0.15) is 71.0 Å². The molecular formula is C20H31N3O2. The van der Waals surface area contributed by atoms with Crippen LogP contribution in [0.2, 0.25) is 0 Å². The van der Waals surface area contributed by atoms with Gasteiger partial charge in [0.1, 0.15) is 5.60 Å². The zero-order valence-corrected chi connectivity index (χ0v) is 15.8. The van der Waals surface area contributed by atoms with Crippen LogP contribution in [-0.4, -0.2) is 40.3 Å². The van der Waals surface area contributed by atoms with E-state index in [4.69, 9.17) is 4.74 Å². The maximum absolute atomic E-state index is 12.4. The Bertz CT molecular complexity index is 638. The molecule has 138 valence electrons. The molecule has 1 saturated carbocycles. The first-order chi connectivity index (χ1) is 11.9. The molecule has 2 aliphatic heterocycles. The number of amides is 1. The molecule has 1 aromatic heterocycles. The molecule has 3 heterocycles. The number of fused-ring (bicyclic) bond motifs is 4. The van der Waals surface area contributed by atoms with E-state index in [0.717, 1.165) is 25.9 Å². The molecule has 1 aliphatic carbocycles. The van der Waals surface area contributed by atoms with E-state index in [1.807, 2.05) is 25.7 Å². The maximum atomic E-state index is 12.4. The van der Waals surface area contributed by atoms with Crippen LogP contribution >= 0.6 is 0 Å². The van der Waals surface area contributed by atoms with Crippen LogP contribution in [0, 0.1) is 0 Å². The number of nitrogens with one attached hydrogen (secondary N) is 1. The summed E-state index contributed by atoms with van der Waals surface area (Å²) < 4.78 is 8.09. The lowest BCUT2D eigenvalue weighted by atomic mass is 9.77. The van der Waals surface area contributed by atoms with Crippen molar-refractivity contribution in [3.05, 3.63) is 24.0 Å². The quantitative estimate of drug-likeness (QED) is 0.778. The molecule has 1 amide bonds. The first-order valence-electron chi connectivity index (χ1n) is 9.81. The van der Waals surface area contributed by atoms with Gasteiger partial charge in [0.05, 0.1) is 5.54 Å². The van der Waals surface area contributed by atoms with Crippen LogP contribution in [-0.2, 0) is 10.3 Å². The Morgan fingerprint density at radius 2 is 1.96 bits per heavy atom. The Hall–Kier alpha value is -1.49. The topological polar surface area (TPSA) is 46.5 Å². The molecule has 25 heavy (non-hydrogen) atoms. The fourth-order valence-electron chi connectivity index (χ4n) is 4.93. The molecule has 2 atom stereocenters. The molecule has 5 nitrogen and oxygen atoms in total. The molecule has 0 radical (unpaired) electrons. The second kappa shape index (κ2) is 6.04. The number of hydrogen-bond acceptors (Lipinski definition) is 3. The molecule has 5 heteroatoms. The van der Waals surface area contributed by atoms with Gasteiger partial charge in [0, 0.05) is 37.1 Å². The number of carbonyl (C=O) groups excluding carboxylic acids is 1. The highest BCUT2D eigenvalue weighted by atomic mass is 16.6. The van der Waals surface area contributed by atoms with E-state index >= 15 is 0 Å². The number of aromatic nitrogens is 1. The normalized spacial score (nSPS) is 28.4. The first-order valence-corrected chi connectivity index (χ1v) is 9.81. The molecule has 2 fully saturated rings. The van der Waals surface area contributed by atoms with Crippen molar-refractivity contribution in [2.75, 3.05) is 13.1 Å². The van der Waals surface area contributed by atoms with Crippen LogP contribution < -0.4 is 5.32 Å². The first kappa shape index (κ1) is 17.0. The third-order valence-electron chi connectivity index (χ3n) is 6.09. The Labute approximate surface area is 150 Å². The fourth-order valence-corrected chi connectivity index (χ4v) is 4.93. The summed E-state index contributed by atoms with van der Waals surface area (Å²) in [7, 11) is 0. The number of nitrogens with zero attached hydrogens (tertiary/aromatic N) is 2. The van der Waals surface area contributed by atoms with Crippen LogP contribution in [0.3, 0.4) is 0 Å². The van der Waals surface area contributed by atoms with E-state index in [1.165, 1.54) is 31.4 Å². The zero-order chi connectivity index (χ0) is 17.7. The molecule has 3 aliphatic rings. The van der Waals surface area contributed by atoms with Gasteiger partial charge in [0.15, 0.2) is 0 Å². The number of hydrogen-bond donors (Lipinski definition) is 1. The summed E-state index contributed by atoms with van der Waals surface area (Å²) in [4.78, 5) is 14.3. The summed E-state index contributed by atoms with van der Waals surface area (Å²) in [5, 5.41) is 4.02. The van der Waals surface area contributed by atoms with Gasteiger partial charge in [0.2, 0.25) is 0 Å². The second-order valence-electron chi connectivity index (χ2n) is 8.95. The van der Waals surface area contributed by atoms with Crippen molar-refractivity contribution in [1.82, 2.24) is 14.8 Å². The molecule has 1 spiro atoms. The lowest BCUT2D eigenvalue weighted by Crippen LogP contribution is -2.61. The number of ether oxygens (including phenoxy) is 1. The molecule has 0 unspecified atom stereocenters. The molecule has 1 aromatic rings. The Kier molecular flexibility index (Phi) is 4.10. The minimum absolute atomic E-state index is 0.0144. The molecule has 1 N–H and O–H groups in total. The van der Waals surface area contributed by atoms with Gasteiger partial charge in [-0.05, 0) is 58.6 Å². The summed E-state index contributed by atoms with van der Waals surface area (Å²) in [5.41, 5.74) is 0.999. The van der Waals surface area contributed by atoms with Gasteiger partial charge < -0.3 is 19.5 Å². The monoisotopic (exact) mass is 345 g/mol. The van der Waals surface area contributed by atoms with Gasteiger partial charge in [-0.2, -0.15) is 0 Å². The lowest BCUT2D eigenvalue weighted by molar-refractivity contribution is 0.00848. The Balaban J connectivity index is 1.51. The summed E-state index contributed by atoms with van der Waals surface area (Å²) in [6.07, 6.45) is 9.20. The molecule has 4 rings (SSSR count). The minimum atomic E-state index is -0.431. The van der Waals surface area contributed by atoms with Crippen molar-refractivity contribution in [3.8, 4) is 0 Å². The molecule has 0 aromatic carbocycles. The highest BCUT2D eigenvalue weighted by Crippen LogP contribution is 2.43. The van der Waals surface area contributed by atoms with Gasteiger partial charge in [-0.1, -0.05) is 12.8 Å². The standard InChI is InChI=1S/C20H31N3O2/c1-19(2,3)25-18(24)22-13-10-20(11-14-22)17-9-6-12-23(17)16-8-5-4-7-15(16)21-20/h6,9,12,15-16,21H,4-5,7-8,10-11,13-14H2,1-3H3/t15-,16-/m1/s1. The predicted octanol–water partition coefficient (Wildman–Crippen LogP) is 3.80. The fraction of sp³-hybridized carbons (Fsp3) is 0.750. The molecule has 1 saturated heterocycles. The van der Waals surface area contributed by atoms with Crippen molar-refractivity contribution < 1.29 is 9.53 Å². The van der Waals surface area contributed by atoms with E-state index in [-0.39, 0.29) is 11.6 Å². The van der Waals surface area contributed by atoms with Crippen LogP contribution in [0.5, 0.6) is 0 Å². The predicted molar refractivity (Wildman–Crippen MR) is 97.6 cm³/mol. The van der Waals surface area contributed by atoms with E-state index in [2.05, 4.69) is 28.2 Å². The van der Waals surface area contributed by atoms with Gasteiger partial charge in [0.25, 0.3) is 0 Å². The third-order valence-corrected chi connectivity index (χ3v) is 6.09. The largest absolute Gasteiger partial charge is 0.444 e. The number of rotatable bonds is 0. The van der Waals surface area contributed by atoms with E-state index < -0.39 is 5.60 Å². The van der Waals surface area contributed by atoms with Crippen molar-refractivity contribution in [3.63, 3.8) is 0 Å². The average molecular weight is 345 g/mol. The van der Waals surface area contributed by atoms with E-state index in [0.29, 0.717) is 12.1 Å². The summed E-state index contributed by atoms with van der Waals surface area (Å²) >= 11 is 0. The number of carbonyl (C=O) groups is 1. The minimum Gasteiger partial charge on any atom is -0.444 e. The molecule has 0 bridgehead atoms. The number of piperidine rings is 1. The summed E-state index contributed by atoms with van der Waals surface area (Å²) in [5.74, 6) is 0. The number of likely N-dealkylation sites (tertiary alicyclic amines) is 1. The van der Waals surface area contributed by atoms with Crippen molar-refractivity contribution in [2.24, 2.45) is 0 Å². The third kappa shape index (κ3) is 3.07. The van der Waals surface area contributed by atoms with Gasteiger partial charge >= 0.3 is 6.09 Å². The van der Waals surface area contributed by atoms with Crippen LogP contribution in [0.15, 0.2) is 18.3 Å². The van der Waals surface area contributed by atoms with Crippen molar-refractivity contribution in [1.29, 1.82) is 0 Å². The van der Waals surface area contributed by atoms with Gasteiger partial charge in [-0.25, -0.2) is 4.79 Å². The second-order valence-corrected chi connectivity index (χ2v) is 8.95. The van der Waals surface area contributed by atoms with Crippen LogP contribution in [0.25, 0.3) is 0 Å². The average Bonchev–Trinajstić information content (AvgIpc) is 3.05. The zero-order valence-electron chi connectivity index (χ0n) is 15.8. The van der Waals surface area contributed by atoms with Crippen LogP contribution in [0.4, 0.5) is 4.79 Å². The SMILES string of the molecule is CC(C)(C)OC(=O)N1CCC2(CC1)N[C@@H]1CCCC[C@H]1n1cccc12. The van der Waals surface area contributed by atoms with E-state index in [1.54, 1.807) is 0 Å². The van der Waals surface area contributed by atoms with Gasteiger partial charge in [-0.3, -0.25) is 0 Å². The Morgan fingerprint density at radius 1 is 1.24 bits per heavy atom. The summed E-state index contributed by atoms with van der Waals surface area (Å²) in [6.45, 7) is 7.29. The van der Waals surface area contributed by atoms with Gasteiger partial charge in [-0.15, -0.1) is 0 Å².